The minimum atomic E-state index is -3.28. The molecule has 27 heavy (non-hydrogen) atoms. The molecule has 1 fully saturated rings. The van der Waals surface area contributed by atoms with E-state index < -0.39 is 10.0 Å². The van der Waals surface area contributed by atoms with E-state index >= 15 is 0 Å². The molecule has 1 amide bonds. The second kappa shape index (κ2) is 7.60. The van der Waals surface area contributed by atoms with E-state index in [1.807, 2.05) is 26.0 Å². The van der Waals surface area contributed by atoms with Gasteiger partial charge in [0.25, 0.3) is 5.91 Å². The van der Waals surface area contributed by atoms with E-state index in [1.165, 1.54) is 4.31 Å². The molecule has 1 aliphatic heterocycles. The molecule has 1 saturated heterocycles. The number of ether oxygens (including phenoxy) is 1. The average Bonchev–Trinajstić information content (AvgIpc) is 2.62. The fraction of sp³-hybridized carbons (Fsp3) is 0.350. The molecule has 144 valence electrons. The maximum atomic E-state index is 12.7. The van der Waals surface area contributed by atoms with Crippen LogP contribution in [0.1, 0.15) is 34.3 Å². The van der Waals surface area contributed by atoms with Crippen LogP contribution in [-0.2, 0) is 10.0 Å². The van der Waals surface area contributed by atoms with Gasteiger partial charge in [0.05, 0.1) is 24.2 Å². The Hall–Kier alpha value is -2.54. The number of carbonyl (C=O) groups is 1. The number of hydrogen-bond acceptors (Lipinski definition) is 4. The lowest BCUT2D eigenvalue weighted by Gasteiger charge is -2.29. The Bertz CT molecular complexity index is 970. The van der Waals surface area contributed by atoms with Crippen molar-refractivity contribution >= 4 is 27.3 Å². The van der Waals surface area contributed by atoms with E-state index in [2.05, 4.69) is 5.32 Å². The predicted molar refractivity (Wildman–Crippen MR) is 107 cm³/mol. The molecule has 1 N–H and O–H groups in total. The van der Waals surface area contributed by atoms with Crippen molar-refractivity contribution in [3.8, 4) is 5.75 Å². The number of nitrogens with zero attached hydrogens (tertiary/aromatic N) is 1. The minimum absolute atomic E-state index is 0.168. The number of rotatable bonds is 4. The molecule has 0 saturated carbocycles. The molecular formula is C20H24N2O4S. The van der Waals surface area contributed by atoms with Crippen molar-refractivity contribution in [2.24, 2.45) is 0 Å². The third-order valence-corrected chi connectivity index (χ3v) is 6.54. The SMILES string of the molecule is COc1ccc(C)cc1NC(=O)c1ccc(N2CCCCS2(=O)=O)c(C)c1. The highest BCUT2D eigenvalue weighted by molar-refractivity contribution is 7.92. The van der Waals surface area contributed by atoms with Gasteiger partial charge in [0.1, 0.15) is 5.75 Å². The summed E-state index contributed by atoms with van der Waals surface area (Å²) in [7, 11) is -1.72. The summed E-state index contributed by atoms with van der Waals surface area (Å²) >= 11 is 0. The Morgan fingerprint density at radius 2 is 1.89 bits per heavy atom. The van der Waals surface area contributed by atoms with Crippen molar-refractivity contribution in [2.45, 2.75) is 26.7 Å². The monoisotopic (exact) mass is 388 g/mol. The lowest BCUT2D eigenvalue weighted by molar-refractivity contribution is 0.102. The predicted octanol–water partition coefficient (Wildman–Crippen LogP) is 3.49. The Kier molecular flexibility index (Phi) is 5.41. The number of methoxy groups -OCH3 is 1. The summed E-state index contributed by atoms with van der Waals surface area (Å²) in [6, 6.07) is 10.6. The summed E-state index contributed by atoms with van der Waals surface area (Å²) in [6.45, 7) is 4.24. The third-order valence-electron chi connectivity index (χ3n) is 4.68. The molecule has 1 aliphatic rings. The van der Waals surface area contributed by atoms with Crippen LogP contribution >= 0.6 is 0 Å². The highest BCUT2D eigenvalue weighted by Crippen LogP contribution is 2.29. The maximum Gasteiger partial charge on any atom is 0.255 e. The summed E-state index contributed by atoms with van der Waals surface area (Å²) in [6.07, 6.45) is 1.53. The number of amides is 1. The number of anilines is 2. The first kappa shape index (κ1) is 19.2. The Balaban J connectivity index is 1.85. The zero-order valence-electron chi connectivity index (χ0n) is 15.8. The van der Waals surface area contributed by atoms with E-state index in [1.54, 1.807) is 31.4 Å². The van der Waals surface area contributed by atoms with Crippen molar-refractivity contribution in [3.63, 3.8) is 0 Å². The first-order valence-corrected chi connectivity index (χ1v) is 10.5. The van der Waals surface area contributed by atoms with Crippen LogP contribution in [-0.4, -0.2) is 33.7 Å². The molecular weight excluding hydrogens is 364 g/mol. The maximum absolute atomic E-state index is 12.7. The van der Waals surface area contributed by atoms with Crippen molar-refractivity contribution < 1.29 is 17.9 Å². The number of carbonyl (C=O) groups excluding carboxylic acids is 1. The molecule has 0 aliphatic carbocycles. The third kappa shape index (κ3) is 4.08. The van der Waals surface area contributed by atoms with Crippen molar-refractivity contribution in [3.05, 3.63) is 53.1 Å². The number of aryl methyl sites for hydroxylation is 2. The topological polar surface area (TPSA) is 75.7 Å². The number of benzene rings is 2. The van der Waals surface area contributed by atoms with Crippen LogP contribution in [0.4, 0.5) is 11.4 Å². The van der Waals surface area contributed by atoms with Gasteiger partial charge in [-0.2, -0.15) is 0 Å². The minimum Gasteiger partial charge on any atom is -0.495 e. The lowest BCUT2D eigenvalue weighted by Crippen LogP contribution is -2.38. The average molecular weight is 388 g/mol. The Labute approximate surface area is 160 Å². The first-order chi connectivity index (χ1) is 12.8. The summed E-state index contributed by atoms with van der Waals surface area (Å²) in [5.74, 6) is 0.485. The molecule has 0 aromatic heterocycles. The van der Waals surface area contributed by atoms with Gasteiger partial charge in [-0.25, -0.2) is 8.42 Å². The van der Waals surface area contributed by atoms with Gasteiger partial charge in [0, 0.05) is 12.1 Å². The van der Waals surface area contributed by atoms with Crippen LogP contribution in [0.25, 0.3) is 0 Å². The van der Waals surface area contributed by atoms with Crippen LogP contribution in [0.2, 0.25) is 0 Å². The van der Waals surface area contributed by atoms with E-state index in [0.717, 1.165) is 17.5 Å². The van der Waals surface area contributed by atoms with Crippen molar-refractivity contribution in [1.29, 1.82) is 0 Å². The quantitative estimate of drug-likeness (QED) is 0.870. The Morgan fingerprint density at radius 1 is 1.11 bits per heavy atom. The molecule has 0 bridgehead atoms. The van der Waals surface area contributed by atoms with Crippen LogP contribution in [0.5, 0.6) is 5.75 Å². The highest BCUT2D eigenvalue weighted by Gasteiger charge is 2.27. The zero-order chi connectivity index (χ0) is 19.6. The van der Waals surface area contributed by atoms with Crippen molar-refractivity contribution in [1.82, 2.24) is 0 Å². The second-order valence-electron chi connectivity index (χ2n) is 6.75. The fourth-order valence-electron chi connectivity index (χ4n) is 3.25. The van der Waals surface area contributed by atoms with Gasteiger partial charge in [-0.3, -0.25) is 9.10 Å². The van der Waals surface area contributed by atoms with Crippen LogP contribution < -0.4 is 14.4 Å². The van der Waals surface area contributed by atoms with Crippen LogP contribution in [0, 0.1) is 13.8 Å². The Morgan fingerprint density at radius 3 is 2.56 bits per heavy atom. The molecule has 0 spiro atoms. The molecule has 2 aromatic rings. The fourth-order valence-corrected chi connectivity index (χ4v) is 4.95. The van der Waals surface area contributed by atoms with Crippen LogP contribution in [0.15, 0.2) is 36.4 Å². The van der Waals surface area contributed by atoms with E-state index in [-0.39, 0.29) is 11.7 Å². The summed E-state index contributed by atoms with van der Waals surface area (Å²) in [4.78, 5) is 12.7. The molecule has 0 unspecified atom stereocenters. The van der Waals surface area contributed by atoms with E-state index in [0.29, 0.717) is 35.7 Å². The van der Waals surface area contributed by atoms with Gasteiger partial charge in [-0.1, -0.05) is 6.07 Å². The van der Waals surface area contributed by atoms with Gasteiger partial charge in [-0.15, -0.1) is 0 Å². The van der Waals surface area contributed by atoms with Crippen molar-refractivity contribution in [2.75, 3.05) is 29.0 Å². The lowest BCUT2D eigenvalue weighted by atomic mass is 10.1. The summed E-state index contributed by atoms with van der Waals surface area (Å²) in [5, 5.41) is 2.87. The number of hydrogen-bond donors (Lipinski definition) is 1. The van der Waals surface area contributed by atoms with Crippen LogP contribution in [0.3, 0.4) is 0 Å². The van der Waals surface area contributed by atoms with Gasteiger partial charge >= 0.3 is 0 Å². The van der Waals surface area contributed by atoms with Gasteiger partial charge in [-0.05, 0) is 68.1 Å². The molecule has 6 nitrogen and oxygen atoms in total. The van der Waals surface area contributed by atoms with E-state index in [9.17, 15) is 13.2 Å². The van der Waals surface area contributed by atoms with Gasteiger partial charge < -0.3 is 10.1 Å². The molecule has 1 heterocycles. The molecule has 2 aromatic carbocycles. The summed E-state index contributed by atoms with van der Waals surface area (Å²) in [5.41, 5.74) is 3.47. The number of sulfonamides is 1. The number of nitrogens with one attached hydrogen (secondary N) is 1. The normalized spacial score (nSPS) is 16.0. The van der Waals surface area contributed by atoms with E-state index in [4.69, 9.17) is 4.74 Å². The van der Waals surface area contributed by atoms with Gasteiger partial charge in [0.15, 0.2) is 0 Å². The summed E-state index contributed by atoms with van der Waals surface area (Å²) < 4.78 is 31.4. The highest BCUT2D eigenvalue weighted by atomic mass is 32.2. The smallest absolute Gasteiger partial charge is 0.255 e. The molecule has 0 atom stereocenters. The van der Waals surface area contributed by atoms with Gasteiger partial charge in [0.2, 0.25) is 10.0 Å². The second-order valence-corrected chi connectivity index (χ2v) is 8.77. The molecule has 3 rings (SSSR count). The standard InChI is InChI=1S/C20H24N2O4S/c1-14-6-9-19(26-3)17(12-14)21-20(23)16-7-8-18(15(2)13-16)22-10-4-5-11-27(22,24)25/h6-9,12-13H,4-5,10-11H2,1-3H3,(H,21,23). The zero-order valence-corrected chi connectivity index (χ0v) is 16.6. The molecule has 0 radical (unpaired) electrons. The largest absolute Gasteiger partial charge is 0.495 e. The molecule has 7 heteroatoms. The first-order valence-electron chi connectivity index (χ1n) is 8.89.